The van der Waals surface area contributed by atoms with Crippen molar-refractivity contribution < 1.29 is 23.5 Å². The average Bonchev–Trinajstić information content (AvgIpc) is 3.24. The van der Waals surface area contributed by atoms with E-state index in [0.717, 1.165) is 17.2 Å². The third-order valence-corrected chi connectivity index (χ3v) is 4.57. The summed E-state index contributed by atoms with van der Waals surface area (Å²) in [6, 6.07) is 11.4. The van der Waals surface area contributed by atoms with Gasteiger partial charge in [-0.3, -0.25) is 9.59 Å². The highest BCUT2D eigenvalue weighted by Crippen LogP contribution is 2.28. The van der Waals surface area contributed by atoms with Gasteiger partial charge in [-0.1, -0.05) is 12.1 Å². The lowest BCUT2D eigenvalue weighted by molar-refractivity contribution is -0.152. The summed E-state index contributed by atoms with van der Waals surface area (Å²) in [5.41, 5.74) is 1.02. The van der Waals surface area contributed by atoms with Crippen LogP contribution in [0, 0.1) is 0 Å². The lowest BCUT2D eigenvalue weighted by atomic mass is 10.2. The molecule has 0 saturated carbocycles. The number of hydrogen-bond acceptors (Lipinski definition) is 6. The number of esters is 1. The highest BCUT2D eigenvalue weighted by atomic mass is 16.5. The summed E-state index contributed by atoms with van der Waals surface area (Å²) in [5.74, 6) is 0.988. The molecule has 1 fully saturated rings. The van der Waals surface area contributed by atoms with Crippen LogP contribution in [0.2, 0.25) is 0 Å². The SMILES string of the molecule is COc1ccccc1N1CCN(C(=O)COC(=O)CCc2ccco2)CC1. The van der Waals surface area contributed by atoms with Gasteiger partial charge in [-0.25, -0.2) is 0 Å². The van der Waals surface area contributed by atoms with Gasteiger partial charge in [-0.15, -0.1) is 0 Å². The van der Waals surface area contributed by atoms with Crippen LogP contribution in [0.5, 0.6) is 5.75 Å². The molecule has 3 rings (SSSR count). The molecule has 0 atom stereocenters. The van der Waals surface area contributed by atoms with Gasteiger partial charge in [0, 0.05) is 32.6 Å². The first-order valence-corrected chi connectivity index (χ1v) is 9.01. The number of hydrogen-bond donors (Lipinski definition) is 0. The van der Waals surface area contributed by atoms with Crippen LogP contribution >= 0.6 is 0 Å². The second kappa shape index (κ2) is 9.12. The number of benzene rings is 1. The van der Waals surface area contributed by atoms with Gasteiger partial charge in [0.15, 0.2) is 6.61 Å². The molecule has 0 bridgehead atoms. The Morgan fingerprint density at radius 3 is 2.56 bits per heavy atom. The molecule has 1 aliphatic rings. The summed E-state index contributed by atoms with van der Waals surface area (Å²) in [6.45, 7) is 2.37. The van der Waals surface area contributed by atoms with E-state index in [-0.39, 0.29) is 18.9 Å². The molecule has 2 heterocycles. The number of nitrogens with zero attached hydrogens (tertiary/aromatic N) is 2. The lowest BCUT2D eigenvalue weighted by Gasteiger charge is -2.36. The first-order valence-electron chi connectivity index (χ1n) is 9.01. The molecule has 0 aliphatic carbocycles. The molecule has 1 aromatic heterocycles. The molecule has 2 aromatic rings. The summed E-state index contributed by atoms with van der Waals surface area (Å²) in [4.78, 5) is 28.0. The zero-order chi connectivity index (χ0) is 19.1. The standard InChI is InChI=1S/C20H24N2O5/c1-25-18-7-3-2-6-17(18)21-10-12-22(13-11-21)19(23)15-27-20(24)9-8-16-5-4-14-26-16/h2-7,14H,8-13,15H2,1H3. The van der Waals surface area contributed by atoms with Crippen molar-refractivity contribution in [3.05, 3.63) is 48.4 Å². The van der Waals surface area contributed by atoms with Gasteiger partial charge in [-0.2, -0.15) is 0 Å². The van der Waals surface area contributed by atoms with Crippen LogP contribution < -0.4 is 9.64 Å². The monoisotopic (exact) mass is 372 g/mol. The largest absolute Gasteiger partial charge is 0.495 e. The van der Waals surface area contributed by atoms with Crippen LogP contribution in [0.1, 0.15) is 12.2 Å². The second-order valence-electron chi connectivity index (χ2n) is 6.28. The van der Waals surface area contributed by atoms with Crippen LogP contribution in [0.15, 0.2) is 47.1 Å². The molecule has 7 nitrogen and oxygen atoms in total. The first-order chi connectivity index (χ1) is 13.2. The van der Waals surface area contributed by atoms with Crippen LogP contribution in [-0.2, 0) is 20.7 Å². The highest BCUT2D eigenvalue weighted by Gasteiger charge is 2.23. The molecule has 144 valence electrons. The molecule has 27 heavy (non-hydrogen) atoms. The fraction of sp³-hybridized carbons (Fsp3) is 0.400. The van der Waals surface area contributed by atoms with Gasteiger partial charge in [-0.05, 0) is 24.3 Å². The molecule has 1 amide bonds. The van der Waals surface area contributed by atoms with Gasteiger partial charge in [0.2, 0.25) is 0 Å². The number of rotatable bonds is 7. The number of para-hydroxylation sites is 2. The normalized spacial score (nSPS) is 14.1. The molecular formula is C20H24N2O5. The summed E-state index contributed by atoms with van der Waals surface area (Å²) in [6.07, 6.45) is 2.23. The van der Waals surface area contributed by atoms with E-state index in [0.29, 0.717) is 32.6 Å². The highest BCUT2D eigenvalue weighted by molar-refractivity contribution is 5.81. The Balaban J connectivity index is 1.41. The van der Waals surface area contributed by atoms with E-state index < -0.39 is 5.97 Å². The minimum atomic E-state index is -0.396. The van der Waals surface area contributed by atoms with Crippen molar-refractivity contribution in [3.63, 3.8) is 0 Å². The Morgan fingerprint density at radius 2 is 1.85 bits per heavy atom. The zero-order valence-electron chi connectivity index (χ0n) is 15.4. The van der Waals surface area contributed by atoms with Crippen molar-refractivity contribution >= 4 is 17.6 Å². The molecule has 1 saturated heterocycles. The maximum absolute atomic E-state index is 12.3. The lowest BCUT2D eigenvalue weighted by Crippen LogP contribution is -2.50. The molecule has 1 aromatic carbocycles. The Labute approximate surface area is 158 Å². The maximum atomic E-state index is 12.3. The average molecular weight is 372 g/mol. The van der Waals surface area contributed by atoms with Gasteiger partial charge in [0.25, 0.3) is 5.91 Å². The van der Waals surface area contributed by atoms with E-state index in [1.54, 1.807) is 30.4 Å². The fourth-order valence-electron chi connectivity index (χ4n) is 3.07. The molecule has 0 unspecified atom stereocenters. The first kappa shape index (κ1) is 18.8. The number of anilines is 1. The summed E-state index contributed by atoms with van der Waals surface area (Å²) < 4.78 is 15.7. The molecule has 0 spiro atoms. The number of piperazine rings is 1. The van der Waals surface area contributed by atoms with Crippen LogP contribution in [-0.4, -0.2) is 56.7 Å². The summed E-state index contributed by atoms with van der Waals surface area (Å²) >= 11 is 0. The number of ether oxygens (including phenoxy) is 2. The number of aryl methyl sites for hydroxylation is 1. The molecule has 0 radical (unpaired) electrons. The summed E-state index contributed by atoms with van der Waals surface area (Å²) in [5, 5.41) is 0. The van der Waals surface area contributed by atoms with Crippen molar-refractivity contribution in [2.24, 2.45) is 0 Å². The van der Waals surface area contributed by atoms with Crippen molar-refractivity contribution in [1.29, 1.82) is 0 Å². The molecule has 7 heteroatoms. The van der Waals surface area contributed by atoms with Gasteiger partial charge < -0.3 is 23.7 Å². The zero-order valence-corrected chi connectivity index (χ0v) is 15.4. The Bertz CT molecular complexity index is 751. The third-order valence-electron chi connectivity index (χ3n) is 4.57. The van der Waals surface area contributed by atoms with Gasteiger partial charge >= 0.3 is 5.97 Å². The van der Waals surface area contributed by atoms with E-state index in [9.17, 15) is 9.59 Å². The van der Waals surface area contributed by atoms with Gasteiger partial charge in [0.05, 0.1) is 25.5 Å². The van der Waals surface area contributed by atoms with E-state index >= 15 is 0 Å². The van der Waals surface area contributed by atoms with E-state index in [1.807, 2.05) is 24.3 Å². The van der Waals surface area contributed by atoms with Gasteiger partial charge in [0.1, 0.15) is 11.5 Å². The topological polar surface area (TPSA) is 72.2 Å². The van der Waals surface area contributed by atoms with Crippen LogP contribution in [0.3, 0.4) is 0 Å². The smallest absolute Gasteiger partial charge is 0.306 e. The number of furan rings is 1. The minimum absolute atomic E-state index is 0.166. The quantitative estimate of drug-likeness (QED) is 0.693. The van der Waals surface area contributed by atoms with Crippen LogP contribution in [0.25, 0.3) is 0 Å². The summed E-state index contributed by atoms with van der Waals surface area (Å²) in [7, 11) is 1.65. The van der Waals surface area contributed by atoms with Crippen molar-refractivity contribution in [3.8, 4) is 5.75 Å². The maximum Gasteiger partial charge on any atom is 0.306 e. The molecular weight excluding hydrogens is 348 g/mol. The number of carbonyl (C=O) groups is 2. The van der Waals surface area contributed by atoms with E-state index in [4.69, 9.17) is 13.9 Å². The number of carbonyl (C=O) groups excluding carboxylic acids is 2. The van der Waals surface area contributed by atoms with Crippen molar-refractivity contribution in [2.45, 2.75) is 12.8 Å². The Morgan fingerprint density at radius 1 is 1.07 bits per heavy atom. The molecule has 0 N–H and O–H groups in total. The predicted octanol–water partition coefficient (Wildman–Crippen LogP) is 2.11. The number of amides is 1. The predicted molar refractivity (Wildman–Crippen MR) is 99.8 cm³/mol. The van der Waals surface area contributed by atoms with Crippen molar-refractivity contribution in [1.82, 2.24) is 4.90 Å². The second-order valence-corrected chi connectivity index (χ2v) is 6.28. The van der Waals surface area contributed by atoms with E-state index in [1.165, 1.54) is 0 Å². The fourth-order valence-corrected chi connectivity index (χ4v) is 3.07. The number of methoxy groups -OCH3 is 1. The van der Waals surface area contributed by atoms with Crippen molar-refractivity contribution in [2.75, 3.05) is 44.8 Å². The molecule has 1 aliphatic heterocycles. The van der Waals surface area contributed by atoms with E-state index in [2.05, 4.69) is 4.90 Å². The minimum Gasteiger partial charge on any atom is -0.495 e. The van der Waals surface area contributed by atoms with Crippen LogP contribution in [0.4, 0.5) is 5.69 Å². The Hall–Kier alpha value is -2.96. The third kappa shape index (κ3) is 5.03. The Kier molecular flexibility index (Phi) is 6.35.